The van der Waals surface area contributed by atoms with Gasteiger partial charge in [0.25, 0.3) is 0 Å². The van der Waals surface area contributed by atoms with Crippen LogP contribution in [0.25, 0.3) is 10.9 Å². The third-order valence-corrected chi connectivity index (χ3v) is 5.56. The molecule has 0 amide bonds. The van der Waals surface area contributed by atoms with E-state index in [0.717, 1.165) is 22.8 Å². The second kappa shape index (κ2) is 6.78. The number of aromatic nitrogens is 1. The Morgan fingerprint density at radius 3 is 2.59 bits per heavy atom. The minimum Gasteiger partial charge on any atom is -0.338 e. The topological polar surface area (TPSA) is 30.9 Å². The van der Waals surface area contributed by atoms with Gasteiger partial charge in [0.05, 0.1) is 10.0 Å². The van der Waals surface area contributed by atoms with E-state index in [-0.39, 0.29) is 0 Å². The van der Waals surface area contributed by atoms with Crippen LogP contribution in [-0.2, 0) is 13.5 Å². The van der Waals surface area contributed by atoms with Gasteiger partial charge in [-0.3, -0.25) is 0 Å². The first-order valence-corrected chi connectivity index (χ1v) is 8.60. The molecule has 3 rings (SSSR count). The molecular formula is C18H19ClN2S. The summed E-state index contributed by atoms with van der Waals surface area (Å²) in [5, 5.41) is 3.36. The Labute approximate surface area is 140 Å². The van der Waals surface area contributed by atoms with Gasteiger partial charge in [-0.2, -0.15) is 0 Å². The molecule has 0 aliphatic rings. The fourth-order valence-corrected chi connectivity index (χ4v) is 4.07. The van der Waals surface area contributed by atoms with E-state index in [0.29, 0.717) is 6.54 Å². The second-order valence-electron chi connectivity index (χ2n) is 5.28. The summed E-state index contributed by atoms with van der Waals surface area (Å²) in [7, 11) is 2.12. The van der Waals surface area contributed by atoms with Gasteiger partial charge in [-0.1, -0.05) is 53.7 Å². The van der Waals surface area contributed by atoms with Crippen molar-refractivity contribution >= 4 is 34.3 Å². The number of nitrogens with zero attached hydrogens (tertiary/aromatic N) is 1. The van der Waals surface area contributed by atoms with Crippen LogP contribution in [0.2, 0.25) is 5.02 Å². The summed E-state index contributed by atoms with van der Waals surface area (Å²) in [6, 6.07) is 16.5. The van der Waals surface area contributed by atoms with Crippen LogP contribution in [0.15, 0.2) is 58.5 Å². The third-order valence-electron chi connectivity index (χ3n) is 3.83. The summed E-state index contributed by atoms with van der Waals surface area (Å²) in [6.07, 6.45) is 1.98. The van der Waals surface area contributed by atoms with E-state index >= 15 is 0 Å². The molecule has 0 aliphatic heterocycles. The van der Waals surface area contributed by atoms with Crippen molar-refractivity contribution in [1.29, 1.82) is 0 Å². The molecular weight excluding hydrogens is 312 g/mol. The maximum Gasteiger partial charge on any atom is 0.0837 e. The minimum absolute atomic E-state index is 0.708. The van der Waals surface area contributed by atoms with Crippen LogP contribution in [-0.4, -0.2) is 11.1 Å². The predicted octanol–water partition coefficient (Wildman–Crippen LogP) is 4.87. The van der Waals surface area contributed by atoms with Gasteiger partial charge >= 0.3 is 0 Å². The Morgan fingerprint density at radius 1 is 1.09 bits per heavy atom. The molecule has 0 radical (unpaired) electrons. The van der Waals surface area contributed by atoms with Crippen LogP contribution in [0, 0.1) is 0 Å². The molecule has 2 aromatic carbocycles. The van der Waals surface area contributed by atoms with Gasteiger partial charge in [0.1, 0.15) is 0 Å². The zero-order valence-electron chi connectivity index (χ0n) is 12.6. The molecule has 3 aromatic rings. The summed E-state index contributed by atoms with van der Waals surface area (Å²) >= 11 is 8.07. The quantitative estimate of drug-likeness (QED) is 0.723. The summed E-state index contributed by atoms with van der Waals surface area (Å²) in [5.41, 5.74) is 8.34. The summed E-state index contributed by atoms with van der Waals surface area (Å²) in [5.74, 6) is 0. The zero-order valence-corrected chi connectivity index (χ0v) is 14.1. The molecule has 1 aromatic heterocycles. The van der Waals surface area contributed by atoms with E-state index in [1.54, 1.807) is 11.8 Å². The number of benzene rings is 2. The van der Waals surface area contributed by atoms with E-state index in [9.17, 15) is 0 Å². The van der Waals surface area contributed by atoms with Crippen molar-refractivity contribution in [1.82, 2.24) is 4.57 Å². The van der Waals surface area contributed by atoms with Crippen LogP contribution >= 0.6 is 23.4 Å². The first-order valence-electron chi connectivity index (χ1n) is 7.41. The van der Waals surface area contributed by atoms with Gasteiger partial charge in [-0.15, -0.1) is 0 Å². The zero-order chi connectivity index (χ0) is 15.5. The van der Waals surface area contributed by atoms with Crippen molar-refractivity contribution in [3.05, 3.63) is 59.1 Å². The number of rotatable bonds is 5. The first-order chi connectivity index (χ1) is 10.7. The lowest BCUT2D eigenvalue weighted by Crippen LogP contribution is -2.01. The van der Waals surface area contributed by atoms with Crippen LogP contribution in [0.4, 0.5) is 0 Å². The predicted molar refractivity (Wildman–Crippen MR) is 95.9 cm³/mol. The van der Waals surface area contributed by atoms with E-state index in [2.05, 4.69) is 41.9 Å². The van der Waals surface area contributed by atoms with Crippen molar-refractivity contribution in [2.75, 3.05) is 6.54 Å². The van der Waals surface area contributed by atoms with Gasteiger partial charge in [0, 0.05) is 22.8 Å². The normalized spacial score (nSPS) is 11.2. The van der Waals surface area contributed by atoms with Gasteiger partial charge < -0.3 is 10.3 Å². The highest BCUT2D eigenvalue weighted by Gasteiger charge is 2.16. The molecule has 0 aliphatic carbocycles. The van der Waals surface area contributed by atoms with Crippen LogP contribution in [0.5, 0.6) is 0 Å². The summed E-state index contributed by atoms with van der Waals surface area (Å²) in [6.45, 7) is 0.708. The van der Waals surface area contributed by atoms with E-state index < -0.39 is 0 Å². The molecule has 114 valence electrons. The molecule has 2 N–H and O–H groups in total. The monoisotopic (exact) mass is 330 g/mol. The average Bonchev–Trinajstić information content (AvgIpc) is 2.80. The Hall–Kier alpha value is -1.42. The Balaban J connectivity index is 2.11. The second-order valence-corrected chi connectivity index (χ2v) is 6.72. The van der Waals surface area contributed by atoms with Gasteiger partial charge in [0.15, 0.2) is 0 Å². The van der Waals surface area contributed by atoms with Crippen LogP contribution in [0.3, 0.4) is 0 Å². The average molecular weight is 331 g/mol. The highest BCUT2D eigenvalue weighted by Crippen LogP contribution is 2.39. The van der Waals surface area contributed by atoms with E-state index in [1.807, 2.05) is 18.2 Å². The Morgan fingerprint density at radius 2 is 1.82 bits per heavy atom. The molecule has 0 fully saturated rings. The smallest absolute Gasteiger partial charge is 0.0837 e. The number of hydrogen-bond acceptors (Lipinski definition) is 2. The summed E-state index contributed by atoms with van der Waals surface area (Å²) < 4.78 is 2.26. The van der Waals surface area contributed by atoms with Crippen molar-refractivity contribution in [3.8, 4) is 0 Å². The van der Waals surface area contributed by atoms with Crippen molar-refractivity contribution in [2.24, 2.45) is 12.8 Å². The molecule has 0 saturated heterocycles. The van der Waals surface area contributed by atoms with Crippen LogP contribution in [0.1, 0.15) is 12.0 Å². The van der Waals surface area contributed by atoms with Crippen LogP contribution < -0.4 is 5.73 Å². The van der Waals surface area contributed by atoms with E-state index in [4.69, 9.17) is 17.3 Å². The SMILES string of the molecule is Cn1c(Sc2ccccc2Cl)c(CCCN)c2ccccc21. The summed E-state index contributed by atoms with van der Waals surface area (Å²) in [4.78, 5) is 1.09. The van der Waals surface area contributed by atoms with Crippen molar-refractivity contribution in [3.63, 3.8) is 0 Å². The molecule has 2 nitrogen and oxygen atoms in total. The molecule has 4 heteroatoms. The number of halogens is 1. The Bertz CT molecular complexity index is 795. The standard InChI is InChI=1S/C18H19ClN2S/c1-21-16-10-4-2-7-13(16)14(8-6-12-20)18(21)22-17-11-5-3-9-15(17)19/h2-5,7,9-11H,6,8,12,20H2,1H3. The lowest BCUT2D eigenvalue weighted by Gasteiger charge is -2.09. The van der Waals surface area contributed by atoms with Gasteiger partial charge in [-0.25, -0.2) is 0 Å². The molecule has 0 spiro atoms. The maximum atomic E-state index is 6.33. The molecule has 22 heavy (non-hydrogen) atoms. The first kappa shape index (κ1) is 15.5. The fourth-order valence-electron chi connectivity index (χ4n) is 2.73. The highest BCUT2D eigenvalue weighted by molar-refractivity contribution is 7.99. The molecule has 0 saturated carbocycles. The van der Waals surface area contributed by atoms with Gasteiger partial charge in [0.2, 0.25) is 0 Å². The largest absolute Gasteiger partial charge is 0.338 e. The lowest BCUT2D eigenvalue weighted by atomic mass is 10.1. The fraction of sp³-hybridized carbons (Fsp3) is 0.222. The number of para-hydroxylation sites is 1. The molecule has 0 bridgehead atoms. The maximum absolute atomic E-state index is 6.33. The highest BCUT2D eigenvalue weighted by atomic mass is 35.5. The number of fused-ring (bicyclic) bond motifs is 1. The van der Waals surface area contributed by atoms with Gasteiger partial charge in [-0.05, 0) is 43.1 Å². The van der Waals surface area contributed by atoms with E-state index in [1.165, 1.54) is 21.5 Å². The molecule has 1 heterocycles. The van der Waals surface area contributed by atoms with Crippen molar-refractivity contribution in [2.45, 2.75) is 22.8 Å². The lowest BCUT2D eigenvalue weighted by molar-refractivity contribution is 0.786. The molecule has 0 unspecified atom stereocenters. The third kappa shape index (κ3) is 2.89. The molecule has 0 atom stereocenters. The number of aryl methyl sites for hydroxylation is 2. The number of hydrogen-bond donors (Lipinski definition) is 1. The Kier molecular flexibility index (Phi) is 4.77. The minimum atomic E-state index is 0.708. The van der Waals surface area contributed by atoms with Crippen molar-refractivity contribution < 1.29 is 0 Å². The number of nitrogens with two attached hydrogens (primary N) is 1.